The van der Waals surface area contributed by atoms with Gasteiger partial charge in [0.05, 0.1) is 6.10 Å². The Morgan fingerprint density at radius 1 is 0.875 bits per heavy atom. The van der Waals surface area contributed by atoms with E-state index < -0.39 is 0 Å². The van der Waals surface area contributed by atoms with Crippen molar-refractivity contribution in [2.75, 3.05) is 13.2 Å². The Labute approximate surface area is 100 Å². The highest BCUT2D eigenvalue weighted by molar-refractivity contribution is 4.73. The van der Waals surface area contributed by atoms with E-state index in [1.807, 2.05) is 0 Å². The molecule has 0 saturated heterocycles. The van der Waals surface area contributed by atoms with Crippen molar-refractivity contribution in [2.45, 2.75) is 76.4 Å². The molecule has 0 radical (unpaired) electrons. The molecule has 2 saturated carbocycles. The van der Waals surface area contributed by atoms with Crippen molar-refractivity contribution in [2.24, 2.45) is 0 Å². The first-order valence-corrected chi connectivity index (χ1v) is 7.30. The monoisotopic (exact) mass is 225 g/mol. The highest BCUT2D eigenvalue weighted by Gasteiger charge is 2.14. The van der Waals surface area contributed by atoms with Crippen LogP contribution >= 0.6 is 0 Å². The Morgan fingerprint density at radius 2 is 1.56 bits per heavy atom. The van der Waals surface area contributed by atoms with Crippen molar-refractivity contribution in [3.05, 3.63) is 0 Å². The summed E-state index contributed by atoms with van der Waals surface area (Å²) in [7, 11) is 0. The fraction of sp³-hybridized carbons (Fsp3) is 1.00. The van der Waals surface area contributed by atoms with Gasteiger partial charge >= 0.3 is 0 Å². The zero-order valence-electron chi connectivity index (χ0n) is 10.5. The smallest absolute Gasteiger partial charge is 0.0575 e. The molecule has 0 atom stereocenters. The van der Waals surface area contributed by atoms with Crippen LogP contribution in [-0.4, -0.2) is 25.3 Å². The van der Waals surface area contributed by atoms with Crippen molar-refractivity contribution < 1.29 is 4.74 Å². The zero-order chi connectivity index (χ0) is 11.1. The number of hydrogen-bond acceptors (Lipinski definition) is 2. The summed E-state index contributed by atoms with van der Waals surface area (Å²) in [5, 5.41) is 3.64. The summed E-state index contributed by atoms with van der Waals surface area (Å²) in [5.74, 6) is 0. The van der Waals surface area contributed by atoms with E-state index in [-0.39, 0.29) is 0 Å². The predicted molar refractivity (Wildman–Crippen MR) is 67.7 cm³/mol. The van der Waals surface area contributed by atoms with Crippen molar-refractivity contribution in [3.63, 3.8) is 0 Å². The SMILES string of the molecule is C1CCC(OCCCNC2CCCC2)CC1. The van der Waals surface area contributed by atoms with E-state index in [1.54, 1.807) is 0 Å². The molecule has 2 fully saturated rings. The Hall–Kier alpha value is -0.0800. The third kappa shape index (κ3) is 4.42. The van der Waals surface area contributed by atoms with Gasteiger partial charge in [-0.15, -0.1) is 0 Å². The van der Waals surface area contributed by atoms with Gasteiger partial charge in [-0.05, 0) is 38.6 Å². The lowest BCUT2D eigenvalue weighted by atomic mass is 9.98. The molecule has 0 aromatic heterocycles. The summed E-state index contributed by atoms with van der Waals surface area (Å²) in [5.41, 5.74) is 0. The maximum Gasteiger partial charge on any atom is 0.0575 e. The topological polar surface area (TPSA) is 21.3 Å². The van der Waals surface area contributed by atoms with E-state index in [0.29, 0.717) is 6.10 Å². The largest absolute Gasteiger partial charge is 0.378 e. The standard InChI is InChI=1S/C14H27NO/c1-2-9-14(10-3-1)16-12-6-11-15-13-7-4-5-8-13/h13-15H,1-12H2. The lowest BCUT2D eigenvalue weighted by molar-refractivity contribution is 0.0271. The quantitative estimate of drug-likeness (QED) is 0.701. The number of rotatable bonds is 6. The van der Waals surface area contributed by atoms with Crippen molar-refractivity contribution in [1.29, 1.82) is 0 Å². The van der Waals surface area contributed by atoms with Crippen LogP contribution in [0.1, 0.15) is 64.2 Å². The first-order chi connectivity index (χ1) is 7.95. The molecule has 2 aliphatic rings. The predicted octanol–water partition coefficient (Wildman–Crippen LogP) is 3.26. The number of ether oxygens (including phenoxy) is 1. The first-order valence-electron chi connectivity index (χ1n) is 7.30. The Bertz CT molecular complexity index is 172. The van der Waals surface area contributed by atoms with Gasteiger partial charge in [0.2, 0.25) is 0 Å². The molecular formula is C14H27NO. The molecule has 2 heteroatoms. The maximum atomic E-state index is 5.91. The minimum absolute atomic E-state index is 0.584. The average molecular weight is 225 g/mol. The van der Waals surface area contributed by atoms with Crippen molar-refractivity contribution in [3.8, 4) is 0 Å². The van der Waals surface area contributed by atoms with Crippen LogP contribution in [0.2, 0.25) is 0 Å². The van der Waals surface area contributed by atoms with Crippen molar-refractivity contribution in [1.82, 2.24) is 5.32 Å². The third-order valence-electron chi connectivity index (χ3n) is 4.02. The molecule has 2 aliphatic carbocycles. The van der Waals surface area contributed by atoms with Gasteiger partial charge in [0.25, 0.3) is 0 Å². The van der Waals surface area contributed by atoms with E-state index in [2.05, 4.69) is 5.32 Å². The summed E-state index contributed by atoms with van der Waals surface area (Å²) >= 11 is 0. The lowest BCUT2D eigenvalue weighted by Gasteiger charge is -2.22. The molecule has 0 aromatic carbocycles. The van der Waals surface area contributed by atoms with Crippen LogP contribution in [0.5, 0.6) is 0 Å². The Balaban J connectivity index is 1.42. The second-order valence-electron chi connectivity index (χ2n) is 5.42. The van der Waals surface area contributed by atoms with Gasteiger partial charge in [0.15, 0.2) is 0 Å². The third-order valence-corrected chi connectivity index (χ3v) is 4.02. The highest BCUT2D eigenvalue weighted by atomic mass is 16.5. The molecule has 0 aliphatic heterocycles. The zero-order valence-corrected chi connectivity index (χ0v) is 10.5. The summed E-state index contributed by atoms with van der Waals surface area (Å²) < 4.78 is 5.91. The lowest BCUT2D eigenvalue weighted by Crippen LogP contribution is -2.28. The molecule has 0 bridgehead atoms. The normalized spacial score (nSPS) is 24.0. The molecule has 0 heterocycles. The second kappa shape index (κ2) is 7.29. The molecular weight excluding hydrogens is 198 g/mol. The summed E-state index contributed by atoms with van der Waals surface area (Å²) in [4.78, 5) is 0. The fourth-order valence-corrected chi connectivity index (χ4v) is 2.99. The van der Waals surface area contributed by atoms with Crippen LogP contribution in [-0.2, 0) is 4.74 Å². The van der Waals surface area contributed by atoms with Crippen LogP contribution in [0.15, 0.2) is 0 Å². The van der Waals surface area contributed by atoms with E-state index >= 15 is 0 Å². The molecule has 0 amide bonds. The maximum absolute atomic E-state index is 5.91. The first kappa shape index (κ1) is 12.4. The minimum atomic E-state index is 0.584. The number of hydrogen-bond donors (Lipinski definition) is 1. The molecule has 0 spiro atoms. The second-order valence-corrected chi connectivity index (χ2v) is 5.42. The molecule has 0 aromatic rings. The number of nitrogens with one attached hydrogen (secondary N) is 1. The van der Waals surface area contributed by atoms with Crippen LogP contribution < -0.4 is 5.32 Å². The van der Waals surface area contributed by atoms with E-state index in [9.17, 15) is 0 Å². The van der Waals surface area contributed by atoms with Gasteiger partial charge in [-0.3, -0.25) is 0 Å². The van der Waals surface area contributed by atoms with Crippen LogP contribution in [0.4, 0.5) is 0 Å². The molecule has 1 N–H and O–H groups in total. The van der Waals surface area contributed by atoms with Crippen LogP contribution in [0, 0.1) is 0 Å². The fourth-order valence-electron chi connectivity index (χ4n) is 2.99. The van der Waals surface area contributed by atoms with Crippen LogP contribution in [0.25, 0.3) is 0 Å². The van der Waals surface area contributed by atoms with Gasteiger partial charge in [0, 0.05) is 12.6 Å². The minimum Gasteiger partial charge on any atom is -0.378 e. The van der Waals surface area contributed by atoms with Gasteiger partial charge in [-0.1, -0.05) is 32.1 Å². The van der Waals surface area contributed by atoms with Gasteiger partial charge in [0.1, 0.15) is 0 Å². The van der Waals surface area contributed by atoms with E-state index in [4.69, 9.17) is 4.74 Å². The Kier molecular flexibility index (Phi) is 5.64. The summed E-state index contributed by atoms with van der Waals surface area (Å²) in [6.07, 6.45) is 14.2. The van der Waals surface area contributed by atoms with Crippen LogP contribution in [0.3, 0.4) is 0 Å². The molecule has 94 valence electrons. The van der Waals surface area contributed by atoms with Gasteiger partial charge in [-0.2, -0.15) is 0 Å². The molecule has 2 rings (SSSR count). The van der Waals surface area contributed by atoms with Gasteiger partial charge in [-0.25, -0.2) is 0 Å². The summed E-state index contributed by atoms with van der Waals surface area (Å²) in [6, 6.07) is 0.815. The van der Waals surface area contributed by atoms with E-state index in [1.165, 1.54) is 64.2 Å². The Morgan fingerprint density at radius 3 is 2.31 bits per heavy atom. The highest BCUT2D eigenvalue weighted by Crippen LogP contribution is 2.20. The molecule has 16 heavy (non-hydrogen) atoms. The molecule has 2 nitrogen and oxygen atoms in total. The molecule has 0 unspecified atom stereocenters. The average Bonchev–Trinajstić information content (AvgIpc) is 2.83. The van der Waals surface area contributed by atoms with E-state index in [0.717, 1.165) is 19.2 Å². The van der Waals surface area contributed by atoms with Crippen molar-refractivity contribution >= 4 is 0 Å². The summed E-state index contributed by atoms with van der Waals surface area (Å²) in [6.45, 7) is 2.11. The van der Waals surface area contributed by atoms with Gasteiger partial charge < -0.3 is 10.1 Å².